The first-order valence-corrected chi connectivity index (χ1v) is 10.5. The predicted molar refractivity (Wildman–Crippen MR) is 120 cm³/mol. The smallest absolute Gasteiger partial charge is 0.278 e. The standard InChI is InChI=1S/C25H24N2O7/c1-25(24(30)27-31,23(29)21-11-10-20(13-28)34-21)33-14-16-2-4-17(5-3-16)18-6-8-19(9-7-18)22-12-26-15-32-22/h2-12,15,23,28-29,31H,13-14H2,1H3,(H,27,30). The van der Waals surface area contributed by atoms with E-state index in [1.807, 2.05) is 48.5 Å². The van der Waals surface area contributed by atoms with Gasteiger partial charge in [-0.25, -0.2) is 10.5 Å². The highest BCUT2D eigenvalue weighted by atomic mass is 16.5. The number of rotatable bonds is 9. The second-order valence-electron chi connectivity index (χ2n) is 7.84. The van der Waals surface area contributed by atoms with Crippen LogP contribution in [-0.2, 0) is 22.7 Å². The minimum atomic E-state index is -1.85. The van der Waals surface area contributed by atoms with Gasteiger partial charge in [-0.1, -0.05) is 48.5 Å². The number of nitrogens with zero attached hydrogens (tertiary/aromatic N) is 1. The van der Waals surface area contributed by atoms with E-state index < -0.39 is 17.6 Å². The molecule has 0 aliphatic rings. The van der Waals surface area contributed by atoms with Gasteiger partial charge in [0, 0.05) is 5.56 Å². The number of hydrogen-bond donors (Lipinski definition) is 4. The van der Waals surface area contributed by atoms with Gasteiger partial charge in [0.2, 0.25) is 0 Å². The molecule has 9 heteroatoms. The van der Waals surface area contributed by atoms with E-state index in [0.29, 0.717) is 5.76 Å². The van der Waals surface area contributed by atoms with Crippen LogP contribution in [0, 0.1) is 0 Å². The van der Waals surface area contributed by atoms with E-state index in [1.54, 1.807) is 6.20 Å². The van der Waals surface area contributed by atoms with E-state index in [1.165, 1.54) is 30.9 Å². The number of benzene rings is 2. The summed E-state index contributed by atoms with van der Waals surface area (Å²) in [6, 6.07) is 18.3. The zero-order chi connectivity index (χ0) is 24.1. The molecular weight excluding hydrogens is 440 g/mol. The molecule has 1 amide bonds. The summed E-state index contributed by atoms with van der Waals surface area (Å²) in [6.45, 7) is 0.972. The fraction of sp³-hybridized carbons (Fsp3) is 0.200. The van der Waals surface area contributed by atoms with Crippen molar-refractivity contribution in [2.24, 2.45) is 0 Å². The normalized spacial score (nSPS) is 13.9. The molecule has 0 aliphatic heterocycles. The molecule has 4 aromatic rings. The summed E-state index contributed by atoms with van der Waals surface area (Å²) in [7, 11) is 0. The molecule has 34 heavy (non-hydrogen) atoms. The van der Waals surface area contributed by atoms with Gasteiger partial charge in [-0.2, -0.15) is 0 Å². The molecule has 0 saturated carbocycles. The Bertz CT molecular complexity index is 1220. The van der Waals surface area contributed by atoms with Crippen LogP contribution in [0.2, 0.25) is 0 Å². The average molecular weight is 464 g/mol. The maximum Gasteiger partial charge on any atom is 0.278 e. The number of aliphatic hydroxyl groups excluding tert-OH is 2. The number of aliphatic hydroxyl groups is 2. The number of aromatic nitrogens is 1. The Morgan fingerprint density at radius 3 is 2.26 bits per heavy atom. The Balaban J connectivity index is 1.46. The van der Waals surface area contributed by atoms with Crippen molar-refractivity contribution in [2.75, 3.05) is 0 Å². The van der Waals surface area contributed by atoms with Crippen LogP contribution in [0.3, 0.4) is 0 Å². The second kappa shape index (κ2) is 10.0. The van der Waals surface area contributed by atoms with E-state index >= 15 is 0 Å². The molecule has 0 radical (unpaired) electrons. The van der Waals surface area contributed by atoms with Gasteiger partial charge in [0.15, 0.2) is 17.8 Å². The van der Waals surface area contributed by atoms with Gasteiger partial charge >= 0.3 is 0 Å². The molecule has 4 N–H and O–H groups in total. The van der Waals surface area contributed by atoms with E-state index in [4.69, 9.17) is 13.6 Å². The van der Waals surface area contributed by atoms with Crippen LogP contribution in [0.25, 0.3) is 22.5 Å². The summed E-state index contributed by atoms with van der Waals surface area (Å²) in [5.74, 6) is 0.00766. The fourth-order valence-electron chi connectivity index (χ4n) is 3.49. The molecule has 0 saturated heterocycles. The van der Waals surface area contributed by atoms with Gasteiger partial charge in [0.25, 0.3) is 5.91 Å². The zero-order valence-electron chi connectivity index (χ0n) is 18.3. The molecule has 0 aliphatic carbocycles. The first kappa shape index (κ1) is 23.4. The summed E-state index contributed by atoms with van der Waals surface area (Å²) in [5, 5.41) is 29.1. The van der Waals surface area contributed by atoms with E-state index in [9.17, 15) is 20.2 Å². The molecule has 2 aromatic carbocycles. The van der Waals surface area contributed by atoms with Crippen molar-refractivity contribution in [3.05, 3.63) is 90.3 Å². The van der Waals surface area contributed by atoms with Crippen molar-refractivity contribution in [1.82, 2.24) is 10.5 Å². The lowest BCUT2D eigenvalue weighted by molar-refractivity contribution is -0.175. The van der Waals surface area contributed by atoms with Gasteiger partial charge in [-0.15, -0.1) is 0 Å². The molecule has 0 bridgehead atoms. The van der Waals surface area contributed by atoms with Crippen LogP contribution >= 0.6 is 0 Å². The van der Waals surface area contributed by atoms with Gasteiger partial charge in [0.05, 0.1) is 12.8 Å². The topological polar surface area (TPSA) is 138 Å². The third-order valence-electron chi connectivity index (χ3n) is 5.61. The largest absolute Gasteiger partial charge is 0.461 e. The van der Waals surface area contributed by atoms with E-state index in [-0.39, 0.29) is 24.7 Å². The molecule has 4 rings (SSSR count). The molecule has 9 nitrogen and oxygen atoms in total. The van der Waals surface area contributed by atoms with Crippen LogP contribution in [-0.4, -0.2) is 31.9 Å². The van der Waals surface area contributed by atoms with Crippen molar-refractivity contribution in [2.45, 2.75) is 31.8 Å². The van der Waals surface area contributed by atoms with Crippen molar-refractivity contribution >= 4 is 5.91 Å². The minimum Gasteiger partial charge on any atom is -0.461 e. The summed E-state index contributed by atoms with van der Waals surface area (Å²) >= 11 is 0. The average Bonchev–Trinajstić information content (AvgIpc) is 3.59. The van der Waals surface area contributed by atoms with Gasteiger partial charge in [-0.3, -0.25) is 10.0 Å². The maximum atomic E-state index is 12.4. The number of hydroxylamine groups is 1. The number of oxazole rings is 1. The maximum absolute atomic E-state index is 12.4. The fourth-order valence-corrected chi connectivity index (χ4v) is 3.49. The van der Waals surface area contributed by atoms with Crippen molar-refractivity contribution in [3.8, 4) is 22.5 Å². The SMILES string of the molecule is CC(OCc1ccc(-c2ccc(-c3cnco3)cc2)cc1)(C(=O)NO)C(O)c1ccc(CO)o1. The monoisotopic (exact) mass is 464 g/mol. The Morgan fingerprint density at radius 1 is 1.06 bits per heavy atom. The third kappa shape index (κ3) is 4.78. The molecular formula is C25H24N2O7. The lowest BCUT2D eigenvalue weighted by Crippen LogP contribution is -2.49. The van der Waals surface area contributed by atoms with Gasteiger partial charge < -0.3 is 23.8 Å². The highest BCUT2D eigenvalue weighted by molar-refractivity contribution is 5.84. The van der Waals surface area contributed by atoms with Gasteiger partial charge in [-0.05, 0) is 35.7 Å². The Hall–Kier alpha value is -3.76. The third-order valence-corrected chi connectivity index (χ3v) is 5.61. The molecule has 2 aromatic heterocycles. The number of ether oxygens (including phenoxy) is 1. The molecule has 2 atom stereocenters. The Labute approximate surface area is 195 Å². The van der Waals surface area contributed by atoms with Crippen molar-refractivity contribution in [1.29, 1.82) is 0 Å². The highest BCUT2D eigenvalue weighted by Gasteiger charge is 2.44. The number of furan rings is 1. The van der Waals surface area contributed by atoms with E-state index in [2.05, 4.69) is 4.98 Å². The molecule has 176 valence electrons. The van der Waals surface area contributed by atoms with E-state index in [0.717, 1.165) is 22.3 Å². The predicted octanol–water partition coefficient (Wildman–Crippen LogP) is 3.61. The molecule has 0 spiro atoms. The first-order valence-electron chi connectivity index (χ1n) is 10.5. The number of nitrogens with one attached hydrogen (secondary N) is 1. The summed E-state index contributed by atoms with van der Waals surface area (Å²) < 4.78 is 16.4. The highest BCUT2D eigenvalue weighted by Crippen LogP contribution is 2.32. The number of hydrogen-bond acceptors (Lipinski definition) is 8. The molecule has 2 heterocycles. The molecule has 2 unspecified atom stereocenters. The van der Waals surface area contributed by atoms with Crippen LogP contribution < -0.4 is 5.48 Å². The minimum absolute atomic E-state index is 0.0146. The second-order valence-corrected chi connectivity index (χ2v) is 7.84. The number of amides is 1. The Kier molecular flexibility index (Phi) is 6.90. The lowest BCUT2D eigenvalue weighted by Gasteiger charge is -2.31. The van der Waals surface area contributed by atoms with Crippen molar-refractivity contribution < 1.29 is 33.8 Å². The van der Waals surface area contributed by atoms with Crippen LogP contribution in [0.15, 0.2) is 82.1 Å². The summed E-state index contributed by atoms with van der Waals surface area (Å²) in [6.07, 6.45) is 1.52. The number of carbonyl (C=O) groups is 1. The summed E-state index contributed by atoms with van der Waals surface area (Å²) in [4.78, 5) is 16.3. The quantitative estimate of drug-likeness (QED) is 0.218. The Morgan fingerprint density at radius 2 is 1.71 bits per heavy atom. The lowest BCUT2D eigenvalue weighted by atomic mass is 9.95. The first-order chi connectivity index (χ1) is 16.4. The van der Waals surface area contributed by atoms with Crippen LogP contribution in [0.5, 0.6) is 0 Å². The van der Waals surface area contributed by atoms with Crippen LogP contribution in [0.1, 0.15) is 30.1 Å². The van der Waals surface area contributed by atoms with Crippen LogP contribution in [0.4, 0.5) is 0 Å². The number of carbonyl (C=O) groups excluding carboxylic acids is 1. The van der Waals surface area contributed by atoms with Gasteiger partial charge in [0.1, 0.15) is 24.2 Å². The molecule has 0 fully saturated rings. The summed E-state index contributed by atoms with van der Waals surface area (Å²) in [5.41, 5.74) is 3.35. The van der Waals surface area contributed by atoms with Crippen molar-refractivity contribution in [3.63, 3.8) is 0 Å². The zero-order valence-corrected chi connectivity index (χ0v) is 18.3.